The fraction of sp³-hybridized carbons (Fsp3) is 0.333. The van der Waals surface area contributed by atoms with Crippen molar-refractivity contribution in [2.75, 3.05) is 5.75 Å². The van der Waals surface area contributed by atoms with Gasteiger partial charge in [-0.15, -0.1) is 0 Å². The molecule has 0 radical (unpaired) electrons. The maximum Gasteiger partial charge on any atom is 0.160 e. The van der Waals surface area contributed by atoms with Crippen LogP contribution in [-0.4, -0.2) is 31.4 Å². The summed E-state index contributed by atoms with van der Waals surface area (Å²) in [6.45, 7) is 6.71. The third kappa shape index (κ3) is 3.12. The predicted molar refractivity (Wildman–Crippen MR) is 128 cm³/mol. The van der Waals surface area contributed by atoms with E-state index in [9.17, 15) is 0 Å². The first-order valence-electron chi connectivity index (χ1n) is 10.4. The average Bonchev–Trinajstić information content (AvgIpc) is 3.41. The molecule has 2 aromatic heterocycles. The molecule has 0 saturated carbocycles. The Morgan fingerprint density at radius 1 is 1.13 bits per heavy atom. The van der Waals surface area contributed by atoms with Gasteiger partial charge < -0.3 is 9.47 Å². The van der Waals surface area contributed by atoms with Gasteiger partial charge in [0, 0.05) is 33.9 Å². The summed E-state index contributed by atoms with van der Waals surface area (Å²) in [4.78, 5) is 12.4. The second kappa shape index (κ2) is 7.89. The van der Waals surface area contributed by atoms with E-state index in [2.05, 4.69) is 93.6 Å². The van der Waals surface area contributed by atoms with E-state index in [1.54, 1.807) is 0 Å². The molecular formula is C24H25BrN4S. The molecule has 1 aromatic carbocycles. The van der Waals surface area contributed by atoms with Crippen LogP contribution in [-0.2, 0) is 0 Å². The van der Waals surface area contributed by atoms with Crippen molar-refractivity contribution >= 4 is 32.9 Å². The molecule has 6 heteroatoms. The van der Waals surface area contributed by atoms with Crippen molar-refractivity contribution in [3.8, 4) is 5.69 Å². The monoisotopic (exact) mass is 480 g/mol. The summed E-state index contributed by atoms with van der Waals surface area (Å²) in [6.07, 6.45) is 3.01. The van der Waals surface area contributed by atoms with E-state index >= 15 is 0 Å². The summed E-state index contributed by atoms with van der Waals surface area (Å²) in [7, 11) is 0. The van der Waals surface area contributed by atoms with E-state index < -0.39 is 0 Å². The lowest BCUT2D eigenvalue weighted by atomic mass is 9.95. The lowest BCUT2D eigenvalue weighted by molar-refractivity contribution is 0.254. The van der Waals surface area contributed by atoms with Crippen LogP contribution in [0.2, 0.25) is 0 Å². The van der Waals surface area contributed by atoms with Crippen molar-refractivity contribution in [1.29, 1.82) is 0 Å². The van der Waals surface area contributed by atoms with Crippen molar-refractivity contribution in [2.45, 2.75) is 45.3 Å². The highest BCUT2D eigenvalue weighted by molar-refractivity contribution is 9.10. The molecule has 0 aliphatic carbocycles. The number of benzene rings is 1. The molecule has 30 heavy (non-hydrogen) atoms. The van der Waals surface area contributed by atoms with Crippen LogP contribution in [0.1, 0.15) is 48.1 Å². The Balaban J connectivity index is 1.66. The molecule has 4 nitrogen and oxygen atoms in total. The molecule has 3 atom stereocenters. The predicted octanol–water partition coefficient (Wildman–Crippen LogP) is 6.23. The minimum absolute atomic E-state index is 0.0243. The molecule has 0 N–H and O–H groups in total. The molecule has 1 saturated heterocycles. The fourth-order valence-electron chi connectivity index (χ4n) is 4.78. The van der Waals surface area contributed by atoms with Gasteiger partial charge in [0.1, 0.15) is 6.04 Å². The third-order valence-corrected chi connectivity index (χ3v) is 8.01. The molecule has 5 rings (SSSR count). The number of fused-ring (bicyclic) bond motifs is 1. The van der Waals surface area contributed by atoms with Gasteiger partial charge >= 0.3 is 0 Å². The highest BCUT2D eigenvalue weighted by Crippen LogP contribution is 2.50. The molecule has 0 amide bonds. The SMILES string of the molecule is CC[C@@H]1CSC2=N[C@H](c3ccccn3)[C@H](c3cc(C)n(-c4ccccc4Br)c3C)N21. The van der Waals surface area contributed by atoms with Gasteiger partial charge in [-0.2, -0.15) is 0 Å². The Morgan fingerprint density at radius 3 is 2.67 bits per heavy atom. The summed E-state index contributed by atoms with van der Waals surface area (Å²) >= 11 is 5.63. The van der Waals surface area contributed by atoms with Crippen molar-refractivity contribution in [1.82, 2.24) is 14.5 Å². The molecular weight excluding hydrogens is 456 g/mol. The number of nitrogens with zero attached hydrogens (tertiary/aromatic N) is 4. The zero-order chi connectivity index (χ0) is 20.8. The van der Waals surface area contributed by atoms with Crippen molar-refractivity contribution in [3.63, 3.8) is 0 Å². The number of hydrogen-bond donors (Lipinski definition) is 0. The normalized spacial score (nSPS) is 23.0. The van der Waals surface area contributed by atoms with Gasteiger partial charge in [0.25, 0.3) is 0 Å². The first-order chi connectivity index (χ1) is 14.6. The average molecular weight is 481 g/mol. The first-order valence-corrected chi connectivity index (χ1v) is 12.2. The molecule has 0 unspecified atom stereocenters. The zero-order valence-electron chi connectivity index (χ0n) is 17.4. The summed E-state index contributed by atoms with van der Waals surface area (Å²) in [5, 5.41) is 1.17. The van der Waals surface area contributed by atoms with E-state index in [0.717, 1.165) is 22.3 Å². The largest absolute Gasteiger partial charge is 0.338 e. The van der Waals surface area contributed by atoms with Gasteiger partial charge in [-0.05, 0) is 72.1 Å². The zero-order valence-corrected chi connectivity index (χ0v) is 19.8. The number of rotatable bonds is 4. The minimum Gasteiger partial charge on any atom is -0.338 e. The van der Waals surface area contributed by atoms with Crippen LogP contribution in [0.25, 0.3) is 5.69 Å². The Hall–Kier alpha value is -2.05. The van der Waals surface area contributed by atoms with Gasteiger partial charge in [-0.25, -0.2) is 0 Å². The fourth-order valence-corrected chi connectivity index (χ4v) is 6.58. The van der Waals surface area contributed by atoms with Crippen LogP contribution in [0.5, 0.6) is 0 Å². The molecule has 2 aliphatic rings. The quantitative estimate of drug-likeness (QED) is 0.443. The second-order valence-electron chi connectivity index (χ2n) is 7.95. The first kappa shape index (κ1) is 19.9. The van der Waals surface area contributed by atoms with Crippen LogP contribution in [0.15, 0.2) is 64.2 Å². The topological polar surface area (TPSA) is 33.4 Å². The number of amidine groups is 1. The maximum atomic E-state index is 5.17. The van der Waals surface area contributed by atoms with E-state index in [4.69, 9.17) is 4.99 Å². The van der Waals surface area contributed by atoms with Crippen molar-refractivity contribution in [2.24, 2.45) is 4.99 Å². The number of aromatic nitrogens is 2. The van der Waals surface area contributed by atoms with E-state index in [0.29, 0.717) is 6.04 Å². The van der Waals surface area contributed by atoms with Gasteiger partial charge in [0.15, 0.2) is 5.17 Å². The highest BCUT2D eigenvalue weighted by atomic mass is 79.9. The lowest BCUT2D eigenvalue weighted by Crippen LogP contribution is -2.35. The Kier molecular flexibility index (Phi) is 5.23. The van der Waals surface area contributed by atoms with E-state index in [-0.39, 0.29) is 12.1 Å². The minimum atomic E-state index is 0.0243. The van der Waals surface area contributed by atoms with Crippen molar-refractivity contribution in [3.05, 3.63) is 81.8 Å². The number of halogens is 1. The standard InChI is InChI=1S/C24H25BrN4S/c1-4-17-14-30-24-27-22(20-10-7-8-12-26-20)23(29(17)24)18-13-15(2)28(16(18)3)21-11-6-5-9-19(21)25/h5-13,17,22-23H,4,14H2,1-3H3/t17-,22-,23+/m1/s1. The summed E-state index contributed by atoms with van der Waals surface area (Å²) in [5.41, 5.74) is 6.08. The number of para-hydroxylation sites is 1. The van der Waals surface area contributed by atoms with Crippen LogP contribution in [0.3, 0.4) is 0 Å². The number of thioether (sulfide) groups is 1. The molecule has 4 heterocycles. The van der Waals surface area contributed by atoms with Gasteiger partial charge in [-0.3, -0.25) is 9.98 Å². The maximum absolute atomic E-state index is 5.17. The van der Waals surface area contributed by atoms with E-state index in [1.807, 2.05) is 24.0 Å². The van der Waals surface area contributed by atoms with Crippen LogP contribution in [0, 0.1) is 13.8 Å². The smallest absolute Gasteiger partial charge is 0.160 e. The van der Waals surface area contributed by atoms with E-state index in [1.165, 1.54) is 27.8 Å². The molecule has 154 valence electrons. The van der Waals surface area contributed by atoms with Gasteiger partial charge in [0.05, 0.1) is 17.4 Å². The van der Waals surface area contributed by atoms with Gasteiger partial charge in [0.2, 0.25) is 0 Å². The van der Waals surface area contributed by atoms with Crippen LogP contribution < -0.4 is 0 Å². The highest BCUT2D eigenvalue weighted by Gasteiger charge is 2.46. The number of pyridine rings is 1. The van der Waals surface area contributed by atoms with Gasteiger partial charge in [-0.1, -0.05) is 36.9 Å². The summed E-state index contributed by atoms with van der Waals surface area (Å²) in [6, 6.07) is 17.6. The Bertz CT molecular complexity index is 1110. The van der Waals surface area contributed by atoms with Crippen molar-refractivity contribution < 1.29 is 0 Å². The number of aliphatic imine (C=N–C) groups is 1. The van der Waals surface area contributed by atoms with Crippen LogP contribution >= 0.6 is 27.7 Å². The molecule has 0 spiro atoms. The molecule has 2 aliphatic heterocycles. The third-order valence-electron chi connectivity index (χ3n) is 6.21. The molecule has 3 aromatic rings. The Morgan fingerprint density at radius 2 is 1.93 bits per heavy atom. The molecule has 1 fully saturated rings. The summed E-state index contributed by atoms with van der Waals surface area (Å²) < 4.78 is 3.46. The second-order valence-corrected chi connectivity index (χ2v) is 9.79. The van der Waals surface area contributed by atoms with Crippen LogP contribution in [0.4, 0.5) is 0 Å². The summed E-state index contributed by atoms with van der Waals surface area (Å²) in [5.74, 6) is 1.11. The lowest BCUT2D eigenvalue weighted by Gasteiger charge is -2.32. The molecule has 0 bridgehead atoms. The number of hydrogen-bond acceptors (Lipinski definition) is 4. The Labute approximate surface area is 190 Å². The number of aryl methyl sites for hydroxylation is 1.